The second-order valence-corrected chi connectivity index (χ2v) is 20.5. The molecule has 3 unspecified atom stereocenters. The Bertz CT molecular complexity index is 1740. The maximum Gasteiger partial charge on any atom is 0.472 e. The molecule has 0 aliphatic carbocycles. The molecule has 0 fully saturated rings. The number of carbonyl (C=O) groups excluding carboxylic acids is 3. The first-order valence-electron chi connectivity index (χ1n) is 29.4. The average Bonchev–Trinajstić information content (AvgIpc) is 3.41. The van der Waals surface area contributed by atoms with E-state index in [9.17, 15) is 28.9 Å². The summed E-state index contributed by atoms with van der Waals surface area (Å²) in [5.41, 5.74) is 0. The highest BCUT2D eigenvalue weighted by atomic mass is 31.2. The second-order valence-electron chi connectivity index (χ2n) is 19.1. The highest BCUT2D eigenvalue weighted by Gasteiger charge is 2.28. The molecule has 0 radical (unpaired) electrons. The molecule has 0 rings (SSSR count). The Labute approximate surface area is 462 Å². The monoisotopic (exact) mass is 1080 g/mol. The van der Waals surface area contributed by atoms with Crippen LogP contribution in [0.25, 0.3) is 0 Å². The van der Waals surface area contributed by atoms with Gasteiger partial charge in [-0.1, -0.05) is 206 Å². The topological polar surface area (TPSA) is 155 Å². The van der Waals surface area contributed by atoms with E-state index in [1.807, 2.05) is 12.2 Å². The van der Waals surface area contributed by atoms with Gasteiger partial charge in [-0.05, 0) is 122 Å². The molecule has 0 aliphatic heterocycles. The summed E-state index contributed by atoms with van der Waals surface area (Å²) in [5.74, 6) is -1.61. The lowest BCUT2D eigenvalue weighted by Crippen LogP contribution is -2.30. The third-order valence-corrected chi connectivity index (χ3v) is 12.8. The first-order valence-corrected chi connectivity index (χ1v) is 30.9. The predicted molar refractivity (Wildman–Crippen MR) is 316 cm³/mol. The van der Waals surface area contributed by atoms with Crippen LogP contribution in [-0.2, 0) is 42.2 Å². The molecule has 76 heavy (non-hydrogen) atoms. The highest BCUT2D eigenvalue weighted by Crippen LogP contribution is 2.43. The maximum absolute atomic E-state index is 12.9. The smallest absolute Gasteiger partial charge is 0.462 e. The number of aliphatic hydroxyl groups excluding tert-OH is 1. The van der Waals surface area contributed by atoms with Gasteiger partial charge in [-0.25, -0.2) is 4.57 Å². The molecule has 0 spiro atoms. The van der Waals surface area contributed by atoms with E-state index < -0.39 is 57.8 Å². The number of allylic oxidation sites excluding steroid dienone is 20. The number of phosphoric acid groups is 1. The van der Waals surface area contributed by atoms with Crippen LogP contribution in [0.4, 0.5) is 0 Å². The van der Waals surface area contributed by atoms with E-state index >= 15 is 0 Å². The van der Waals surface area contributed by atoms with Crippen molar-refractivity contribution in [2.75, 3.05) is 26.4 Å². The van der Waals surface area contributed by atoms with E-state index in [-0.39, 0.29) is 25.9 Å². The van der Waals surface area contributed by atoms with Gasteiger partial charge in [0.25, 0.3) is 0 Å². The van der Waals surface area contributed by atoms with Gasteiger partial charge in [-0.2, -0.15) is 0 Å². The van der Waals surface area contributed by atoms with Crippen molar-refractivity contribution in [1.82, 2.24) is 0 Å². The Morgan fingerprint density at radius 3 is 1.13 bits per heavy atom. The molecule has 0 amide bonds. The summed E-state index contributed by atoms with van der Waals surface area (Å²) in [7, 11) is -4.78. The highest BCUT2D eigenvalue weighted by molar-refractivity contribution is 7.47. The van der Waals surface area contributed by atoms with Crippen LogP contribution in [0.1, 0.15) is 226 Å². The van der Waals surface area contributed by atoms with Crippen LogP contribution in [0.3, 0.4) is 0 Å². The van der Waals surface area contributed by atoms with Crippen molar-refractivity contribution < 1.29 is 52.2 Å². The van der Waals surface area contributed by atoms with E-state index in [0.29, 0.717) is 25.7 Å². The Morgan fingerprint density at radius 1 is 0.382 bits per heavy atom. The van der Waals surface area contributed by atoms with Gasteiger partial charge in [0, 0.05) is 19.3 Å². The van der Waals surface area contributed by atoms with E-state index in [1.54, 1.807) is 0 Å². The molecule has 0 aromatic rings. The van der Waals surface area contributed by atoms with E-state index in [4.69, 9.17) is 23.3 Å². The fourth-order valence-corrected chi connectivity index (χ4v) is 8.17. The van der Waals surface area contributed by atoms with Crippen molar-refractivity contribution in [2.24, 2.45) is 0 Å². The fourth-order valence-electron chi connectivity index (χ4n) is 7.38. The number of hydrogen-bond acceptors (Lipinski definition) is 10. The van der Waals surface area contributed by atoms with Crippen molar-refractivity contribution in [3.63, 3.8) is 0 Å². The van der Waals surface area contributed by atoms with Crippen LogP contribution in [-0.4, -0.2) is 66.5 Å². The molecule has 0 bridgehead atoms. The third kappa shape index (κ3) is 54.7. The number of ether oxygens (including phenoxy) is 3. The molecule has 12 heteroatoms. The predicted octanol–water partition coefficient (Wildman–Crippen LogP) is 17.6. The lowest BCUT2D eigenvalue weighted by atomic mass is 10.1. The van der Waals surface area contributed by atoms with E-state index in [1.165, 1.54) is 38.5 Å². The van der Waals surface area contributed by atoms with Crippen LogP contribution < -0.4 is 0 Å². The quantitative estimate of drug-likeness (QED) is 0.0197. The molecule has 432 valence electrons. The zero-order chi connectivity index (χ0) is 55.5. The number of hydrogen-bond donors (Lipinski definition) is 2. The molecule has 0 saturated heterocycles. The van der Waals surface area contributed by atoms with Crippen LogP contribution in [0, 0.1) is 0 Å². The van der Waals surface area contributed by atoms with Gasteiger partial charge in [-0.15, -0.1) is 0 Å². The normalized spacial score (nSPS) is 14.2. The summed E-state index contributed by atoms with van der Waals surface area (Å²) in [6.45, 7) is 4.35. The number of esters is 3. The van der Waals surface area contributed by atoms with Gasteiger partial charge < -0.3 is 24.2 Å². The van der Waals surface area contributed by atoms with Crippen molar-refractivity contribution >= 4 is 25.7 Å². The Morgan fingerprint density at radius 2 is 0.711 bits per heavy atom. The minimum Gasteiger partial charge on any atom is -0.462 e. The molecule has 0 aromatic carbocycles. The first kappa shape index (κ1) is 71.9. The largest absolute Gasteiger partial charge is 0.472 e. The number of rotatable bonds is 53. The molecule has 0 aromatic heterocycles. The molecular formula is C64H105O11P. The fraction of sp³-hybridized carbons (Fsp3) is 0.641. The van der Waals surface area contributed by atoms with Gasteiger partial charge in [0.15, 0.2) is 6.10 Å². The Kier molecular flexibility index (Phi) is 54.0. The number of aliphatic hydroxyl groups is 1. The SMILES string of the molecule is CC/C=C\C/C=C\C/C=C\C/C=C\C/C=C\C/C=C\CCC(=O)OC(COC(=O)CCCCCCC/C=C\C/C=C\CCCCC)COP(=O)(O)OCC(CO)OC(=O)CCCCCCC/C=C\C/C=C\CCCCC. The van der Waals surface area contributed by atoms with Crippen molar-refractivity contribution in [3.05, 3.63) is 122 Å². The summed E-state index contributed by atoms with van der Waals surface area (Å²) < 4.78 is 39.4. The number of carbonyl (C=O) groups is 3. The van der Waals surface area contributed by atoms with Crippen molar-refractivity contribution in [3.8, 4) is 0 Å². The maximum atomic E-state index is 12.9. The average molecular weight is 1080 g/mol. The van der Waals surface area contributed by atoms with Gasteiger partial charge >= 0.3 is 25.7 Å². The Hall–Kier alpha value is -4.12. The number of phosphoric ester groups is 1. The molecule has 0 aliphatic rings. The first-order chi connectivity index (χ1) is 37.2. The number of unbranched alkanes of at least 4 members (excludes halogenated alkanes) is 16. The summed E-state index contributed by atoms with van der Waals surface area (Å²) in [6, 6.07) is 0. The van der Waals surface area contributed by atoms with Crippen molar-refractivity contribution in [1.29, 1.82) is 0 Å². The van der Waals surface area contributed by atoms with Crippen LogP contribution in [0.15, 0.2) is 122 Å². The van der Waals surface area contributed by atoms with Gasteiger partial charge in [0.1, 0.15) is 12.7 Å². The zero-order valence-corrected chi connectivity index (χ0v) is 48.6. The van der Waals surface area contributed by atoms with Gasteiger partial charge in [-0.3, -0.25) is 23.4 Å². The van der Waals surface area contributed by atoms with E-state index in [2.05, 4.69) is 130 Å². The summed E-state index contributed by atoms with van der Waals surface area (Å²) >= 11 is 0. The molecule has 0 heterocycles. The second kappa shape index (κ2) is 57.1. The lowest BCUT2D eigenvalue weighted by molar-refractivity contribution is -0.161. The summed E-state index contributed by atoms with van der Waals surface area (Å²) in [4.78, 5) is 48.5. The van der Waals surface area contributed by atoms with Crippen molar-refractivity contribution in [2.45, 2.75) is 238 Å². The van der Waals surface area contributed by atoms with Crippen LogP contribution in [0.5, 0.6) is 0 Å². The molecule has 0 saturated carbocycles. The minimum absolute atomic E-state index is 0.0323. The van der Waals surface area contributed by atoms with E-state index in [0.717, 1.165) is 122 Å². The molecular weight excluding hydrogens is 976 g/mol. The lowest BCUT2D eigenvalue weighted by Gasteiger charge is -2.21. The third-order valence-electron chi connectivity index (χ3n) is 11.9. The summed E-state index contributed by atoms with van der Waals surface area (Å²) in [6.07, 6.45) is 70.2. The molecule has 11 nitrogen and oxygen atoms in total. The zero-order valence-electron chi connectivity index (χ0n) is 47.7. The minimum atomic E-state index is -4.78. The molecule has 3 atom stereocenters. The summed E-state index contributed by atoms with van der Waals surface area (Å²) in [5, 5.41) is 9.82. The van der Waals surface area contributed by atoms with Crippen LogP contribution >= 0.6 is 7.82 Å². The van der Waals surface area contributed by atoms with Gasteiger partial charge in [0.2, 0.25) is 0 Å². The van der Waals surface area contributed by atoms with Crippen LogP contribution in [0.2, 0.25) is 0 Å². The standard InChI is InChI=1S/C64H105O11P/c1-4-7-10-13-16-19-22-25-28-29-30-31-34-37-40-43-46-49-52-55-64(68)75-61(57-71-62(66)53-50-47-44-41-38-35-32-26-23-20-17-14-11-8-5-2)59-73-76(69,70)72-58-60(56-65)74-63(67)54-51-48-45-42-39-36-33-27-24-21-18-15-12-9-6-3/h7,10,16-21,25-28,30-33,37,40,46,49,60-61,65H,4-6,8-9,11-15,22-24,29,34-36,38-39,41-45,47-48,50-59H2,1-3H3,(H,69,70)/b10-7-,19-16-,20-17-,21-18-,28-25-,31-30-,32-26-,33-27-,40-37-,49-46-. The van der Waals surface area contributed by atoms with Gasteiger partial charge in [0.05, 0.1) is 19.8 Å². The molecule has 2 N–H and O–H groups in total. The Balaban J connectivity index is 4.88.